The van der Waals surface area contributed by atoms with E-state index >= 15 is 0 Å². The topological polar surface area (TPSA) is 74.6 Å². The van der Waals surface area contributed by atoms with E-state index in [0.717, 1.165) is 4.47 Å². The molecule has 2 rings (SSSR count). The van der Waals surface area contributed by atoms with Crippen molar-refractivity contribution < 1.29 is 19.8 Å². The lowest BCUT2D eigenvalue weighted by Gasteiger charge is -2.38. The molecule has 0 saturated carbocycles. The molecule has 1 aromatic carbocycles. The molecule has 0 radical (unpaired) electrons. The molecular formula is C15H15BrO4. The fourth-order valence-electron chi connectivity index (χ4n) is 2.72. The molecule has 0 fully saturated rings. The summed E-state index contributed by atoms with van der Waals surface area (Å²) in [7, 11) is 0. The molecule has 0 heterocycles. The van der Waals surface area contributed by atoms with Crippen LogP contribution in [-0.4, -0.2) is 22.2 Å². The third-order valence-electron chi connectivity index (χ3n) is 3.90. The number of hydrogen-bond acceptors (Lipinski definition) is 2. The van der Waals surface area contributed by atoms with Gasteiger partial charge in [0.2, 0.25) is 0 Å². The highest BCUT2D eigenvalue weighted by Crippen LogP contribution is 2.45. The first kappa shape index (κ1) is 14.8. The Morgan fingerprint density at radius 1 is 1.25 bits per heavy atom. The zero-order chi connectivity index (χ0) is 15.0. The van der Waals surface area contributed by atoms with E-state index < -0.39 is 22.8 Å². The molecule has 1 aromatic rings. The summed E-state index contributed by atoms with van der Waals surface area (Å²) >= 11 is 3.33. The Morgan fingerprint density at radius 3 is 2.50 bits per heavy atom. The zero-order valence-electron chi connectivity index (χ0n) is 11.0. The molecule has 106 valence electrons. The smallest absolute Gasteiger partial charge is 0.314 e. The highest BCUT2D eigenvalue weighted by atomic mass is 79.9. The Hall–Kier alpha value is -1.62. The van der Waals surface area contributed by atoms with Crippen molar-refractivity contribution in [3.63, 3.8) is 0 Å². The van der Waals surface area contributed by atoms with Crippen molar-refractivity contribution in [2.24, 2.45) is 5.41 Å². The van der Waals surface area contributed by atoms with Gasteiger partial charge in [0, 0.05) is 4.47 Å². The Balaban J connectivity index is 2.56. The van der Waals surface area contributed by atoms with E-state index in [0.29, 0.717) is 12.0 Å². The Morgan fingerprint density at radius 2 is 1.95 bits per heavy atom. The van der Waals surface area contributed by atoms with Crippen LogP contribution in [0.1, 0.15) is 25.3 Å². The van der Waals surface area contributed by atoms with Crippen molar-refractivity contribution in [1.82, 2.24) is 0 Å². The van der Waals surface area contributed by atoms with Gasteiger partial charge in [0.25, 0.3) is 0 Å². The van der Waals surface area contributed by atoms with Crippen LogP contribution in [0.3, 0.4) is 0 Å². The maximum Gasteiger partial charge on any atom is 0.314 e. The monoisotopic (exact) mass is 338 g/mol. The lowest BCUT2D eigenvalue weighted by atomic mass is 9.63. The molecule has 0 aromatic heterocycles. The normalized spacial score (nSPS) is 29.1. The molecule has 5 heteroatoms. The van der Waals surface area contributed by atoms with Crippen LogP contribution in [0.15, 0.2) is 40.9 Å². The molecule has 0 spiro atoms. The van der Waals surface area contributed by atoms with Gasteiger partial charge in [-0.25, -0.2) is 0 Å². The van der Waals surface area contributed by atoms with Crippen LogP contribution in [0.4, 0.5) is 0 Å². The first-order valence-corrected chi connectivity index (χ1v) is 7.00. The van der Waals surface area contributed by atoms with Gasteiger partial charge in [0.1, 0.15) is 0 Å². The minimum atomic E-state index is -1.20. The van der Waals surface area contributed by atoms with E-state index in [1.54, 1.807) is 37.3 Å². The minimum Gasteiger partial charge on any atom is -0.481 e. The summed E-state index contributed by atoms with van der Waals surface area (Å²) < 4.78 is 0.780. The molecule has 2 unspecified atom stereocenters. The summed E-state index contributed by atoms with van der Waals surface area (Å²) in [6.07, 6.45) is 3.58. The molecule has 0 aliphatic heterocycles. The van der Waals surface area contributed by atoms with Crippen LogP contribution >= 0.6 is 15.9 Å². The van der Waals surface area contributed by atoms with E-state index in [1.807, 2.05) is 6.07 Å². The molecule has 20 heavy (non-hydrogen) atoms. The van der Waals surface area contributed by atoms with E-state index in [2.05, 4.69) is 15.9 Å². The summed E-state index contributed by atoms with van der Waals surface area (Å²) in [5.41, 5.74) is -1.75. The van der Waals surface area contributed by atoms with Crippen molar-refractivity contribution in [3.8, 4) is 0 Å². The number of aliphatic carboxylic acids is 2. The van der Waals surface area contributed by atoms with Crippen molar-refractivity contribution in [2.45, 2.75) is 25.2 Å². The van der Waals surface area contributed by atoms with Gasteiger partial charge < -0.3 is 10.2 Å². The summed E-state index contributed by atoms with van der Waals surface area (Å²) in [5.74, 6) is -2.00. The highest BCUT2D eigenvalue weighted by molar-refractivity contribution is 9.10. The number of rotatable bonds is 3. The fraction of sp³-hybridized carbons (Fsp3) is 0.333. The first-order valence-electron chi connectivity index (χ1n) is 6.21. The van der Waals surface area contributed by atoms with Gasteiger partial charge in [-0.2, -0.15) is 0 Å². The molecule has 0 bridgehead atoms. The second-order valence-electron chi connectivity index (χ2n) is 5.40. The summed E-state index contributed by atoms with van der Waals surface area (Å²) in [6.45, 7) is 1.56. The van der Waals surface area contributed by atoms with E-state index in [9.17, 15) is 19.8 Å². The van der Waals surface area contributed by atoms with Gasteiger partial charge in [0.05, 0.1) is 10.8 Å². The van der Waals surface area contributed by atoms with Crippen LogP contribution in [0.25, 0.3) is 0 Å². The molecule has 2 atom stereocenters. The largest absolute Gasteiger partial charge is 0.481 e. The molecule has 0 saturated heterocycles. The maximum atomic E-state index is 11.9. The summed E-state index contributed by atoms with van der Waals surface area (Å²) in [5, 5.41) is 19.1. The van der Waals surface area contributed by atoms with Crippen LogP contribution in [-0.2, 0) is 15.0 Å². The maximum absolute atomic E-state index is 11.9. The van der Waals surface area contributed by atoms with Gasteiger partial charge in [-0.05, 0) is 37.5 Å². The van der Waals surface area contributed by atoms with Gasteiger partial charge in [-0.3, -0.25) is 9.59 Å². The zero-order valence-corrected chi connectivity index (χ0v) is 12.6. The Labute approximate surface area is 125 Å². The fourth-order valence-corrected chi connectivity index (χ4v) is 3.12. The third kappa shape index (κ3) is 2.38. The number of allylic oxidation sites excluding steroid dienone is 1. The average molecular weight is 339 g/mol. The van der Waals surface area contributed by atoms with Crippen LogP contribution in [0, 0.1) is 5.41 Å². The summed E-state index contributed by atoms with van der Waals surface area (Å²) in [6, 6.07) is 7.06. The number of carboxylic acid groups (broad SMARTS) is 2. The molecule has 1 aliphatic rings. The van der Waals surface area contributed by atoms with Gasteiger partial charge in [-0.1, -0.05) is 40.2 Å². The van der Waals surface area contributed by atoms with Gasteiger partial charge in [-0.15, -0.1) is 0 Å². The molecule has 1 aliphatic carbocycles. The van der Waals surface area contributed by atoms with Crippen molar-refractivity contribution in [3.05, 3.63) is 46.5 Å². The van der Waals surface area contributed by atoms with Crippen LogP contribution < -0.4 is 0 Å². The Kier molecular flexibility index (Phi) is 3.73. The second-order valence-corrected chi connectivity index (χ2v) is 6.32. The number of halogens is 1. The quantitative estimate of drug-likeness (QED) is 0.830. The number of carbonyl (C=O) groups is 2. The van der Waals surface area contributed by atoms with Crippen LogP contribution in [0.2, 0.25) is 0 Å². The Bertz CT molecular complexity index is 595. The molecule has 2 N–H and O–H groups in total. The molecule has 0 amide bonds. The third-order valence-corrected chi connectivity index (χ3v) is 4.39. The average Bonchev–Trinajstić information content (AvgIpc) is 2.38. The van der Waals surface area contributed by atoms with Gasteiger partial charge >= 0.3 is 11.9 Å². The lowest BCUT2D eigenvalue weighted by Crippen LogP contribution is -2.45. The van der Waals surface area contributed by atoms with Gasteiger partial charge in [0.15, 0.2) is 0 Å². The number of carboxylic acids is 2. The standard InChI is InChI=1S/C15H15BrO4/c1-14(12(17)18)6-3-7-15(9-14,13(19)20)10-4-2-5-11(16)8-10/h2-6,8H,7,9H2,1H3,(H,17,18)(H,19,20). The number of benzene rings is 1. The lowest BCUT2D eigenvalue weighted by molar-refractivity contribution is -0.151. The van der Waals surface area contributed by atoms with E-state index in [1.165, 1.54) is 0 Å². The predicted octanol–water partition coefficient (Wildman–Crippen LogP) is 3.21. The minimum absolute atomic E-state index is 0.0393. The van der Waals surface area contributed by atoms with Crippen molar-refractivity contribution in [1.29, 1.82) is 0 Å². The second kappa shape index (κ2) is 5.05. The van der Waals surface area contributed by atoms with Crippen LogP contribution in [0.5, 0.6) is 0 Å². The first-order chi connectivity index (χ1) is 9.30. The van der Waals surface area contributed by atoms with Crippen molar-refractivity contribution in [2.75, 3.05) is 0 Å². The highest BCUT2D eigenvalue weighted by Gasteiger charge is 2.49. The van der Waals surface area contributed by atoms with E-state index in [-0.39, 0.29) is 6.42 Å². The number of hydrogen-bond donors (Lipinski definition) is 2. The van der Waals surface area contributed by atoms with Crippen molar-refractivity contribution >= 4 is 27.9 Å². The molecule has 4 nitrogen and oxygen atoms in total. The molecular weight excluding hydrogens is 324 g/mol. The van der Waals surface area contributed by atoms with E-state index in [4.69, 9.17) is 0 Å². The predicted molar refractivity (Wildman–Crippen MR) is 77.6 cm³/mol. The SMILES string of the molecule is CC1(C(=O)O)C=CCC(C(=O)O)(c2cccc(Br)c2)C1. The summed E-state index contributed by atoms with van der Waals surface area (Å²) in [4.78, 5) is 23.3.